The van der Waals surface area contributed by atoms with Crippen molar-refractivity contribution in [2.45, 2.75) is 19.8 Å². The molecule has 0 aromatic carbocycles. The Morgan fingerprint density at radius 3 is 2.43 bits per heavy atom. The van der Waals surface area contributed by atoms with E-state index in [9.17, 15) is 8.42 Å². The summed E-state index contributed by atoms with van der Waals surface area (Å²) in [7, 11) is -3.72. The average molecular weight is 215 g/mol. The number of hydrogen-bond acceptors (Lipinski definition) is 3. The van der Waals surface area contributed by atoms with E-state index < -0.39 is 10.2 Å². The molecule has 6 heteroatoms. The Hall–Kier alpha value is -1.14. The summed E-state index contributed by atoms with van der Waals surface area (Å²) in [6.07, 6.45) is 1.62. The average Bonchev–Trinajstić information content (AvgIpc) is 2.02. The summed E-state index contributed by atoms with van der Waals surface area (Å²) in [4.78, 5) is 3.92. The fourth-order valence-corrected chi connectivity index (χ4v) is 1.37. The summed E-state index contributed by atoms with van der Waals surface area (Å²) in [5, 5.41) is 4.79. The van der Waals surface area contributed by atoms with E-state index in [1.165, 1.54) is 0 Å². The topological polar surface area (TPSA) is 85.1 Å². The number of nitrogens with one attached hydrogen (secondary N) is 1. The molecular weight excluding hydrogens is 202 g/mol. The second-order valence-corrected chi connectivity index (χ2v) is 4.57. The SMILES string of the molecule is CC(C)c1ccc(NS(N)(=O)=O)nc1. The molecule has 1 aromatic rings. The van der Waals surface area contributed by atoms with Gasteiger partial charge in [0.05, 0.1) is 0 Å². The first-order chi connectivity index (χ1) is 6.38. The van der Waals surface area contributed by atoms with Gasteiger partial charge in [0.15, 0.2) is 0 Å². The first kappa shape index (κ1) is 10.9. The molecule has 1 heterocycles. The maximum atomic E-state index is 10.6. The van der Waals surface area contributed by atoms with Gasteiger partial charge in [0.2, 0.25) is 0 Å². The van der Waals surface area contributed by atoms with Crippen LogP contribution in [0.3, 0.4) is 0 Å². The largest absolute Gasteiger partial charge is 0.297 e. The predicted molar refractivity (Wildman–Crippen MR) is 55.1 cm³/mol. The molecule has 0 saturated carbocycles. The molecule has 5 nitrogen and oxygen atoms in total. The third-order valence-electron chi connectivity index (χ3n) is 1.70. The van der Waals surface area contributed by atoms with Crippen LogP contribution in [0.15, 0.2) is 18.3 Å². The Kier molecular flexibility index (Phi) is 3.07. The van der Waals surface area contributed by atoms with Crippen LogP contribution in [0.5, 0.6) is 0 Å². The van der Waals surface area contributed by atoms with Crippen molar-refractivity contribution in [2.75, 3.05) is 4.72 Å². The lowest BCUT2D eigenvalue weighted by atomic mass is 10.1. The minimum Gasteiger partial charge on any atom is -0.255 e. The van der Waals surface area contributed by atoms with Crippen LogP contribution in [0.25, 0.3) is 0 Å². The third-order valence-corrected chi connectivity index (χ3v) is 2.19. The van der Waals surface area contributed by atoms with Crippen LogP contribution in [0.1, 0.15) is 25.3 Å². The summed E-state index contributed by atoms with van der Waals surface area (Å²) >= 11 is 0. The molecule has 0 aliphatic rings. The van der Waals surface area contributed by atoms with Gasteiger partial charge < -0.3 is 0 Å². The van der Waals surface area contributed by atoms with Gasteiger partial charge in [-0.2, -0.15) is 8.42 Å². The van der Waals surface area contributed by atoms with Gasteiger partial charge in [0.1, 0.15) is 5.82 Å². The van der Waals surface area contributed by atoms with Gasteiger partial charge in [-0.1, -0.05) is 19.9 Å². The number of aromatic nitrogens is 1. The molecule has 0 saturated heterocycles. The van der Waals surface area contributed by atoms with Crippen molar-refractivity contribution in [3.05, 3.63) is 23.9 Å². The minimum atomic E-state index is -3.72. The monoisotopic (exact) mass is 215 g/mol. The molecule has 78 valence electrons. The lowest BCUT2D eigenvalue weighted by molar-refractivity contribution is 0.602. The number of hydrogen-bond donors (Lipinski definition) is 2. The highest BCUT2D eigenvalue weighted by Gasteiger charge is 2.04. The van der Waals surface area contributed by atoms with Crippen LogP contribution in [0.4, 0.5) is 5.82 Å². The fourth-order valence-electron chi connectivity index (χ4n) is 0.953. The molecule has 14 heavy (non-hydrogen) atoms. The van der Waals surface area contributed by atoms with Gasteiger partial charge in [0, 0.05) is 6.20 Å². The van der Waals surface area contributed by atoms with Crippen LogP contribution in [-0.2, 0) is 10.2 Å². The molecule has 0 radical (unpaired) electrons. The van der Waals surface area contributed by atoms with E-state index in [1.54, 1.807) is 12.3 Å². The molecule has 0 aliphatic carbocycles. The van der Waals surface area contributed by atoms with E-state index in [2.05, 4.69) is 9.71 Å². The van der Waals surface area contributed by atoms with Crippen molar-refractivity contribution < 1.29 is 8.42 Å². The van der Waals surface area contributed by atoms with Crippen LogP contribution in [0.2, 0.25) is 0 Å². The molecule has 1 aromatic heterocycles. The molecule has 0 amide bonds. The second kappa shape index (κ2) is 3.93. The van der Waals surface area contributed by atoms with Gasteiger partial charge in [-0.25, -0.2) is 10.1 Å². The molecule has 0 unspecified atom stereocenters. The third kappa shape index (κ3) is 3.31. The van der Waals surface area contributed by atoms with Crippen molar-refractivity contribution in [1.29, 1.82) is 0 Å². The highest BCUT2D eigenvalue weighted by atomic mass is 32.2. The fraction of sp³-hybridized carbons (Fsp3) is 0.375. The van der Waals surface area contributed by atoms with E-state index in [0.717, 1.165) is 5.56 Å². The lowest BCUT2D eigenvalue weighted by Gasteiger charge is -2.06. The molecule has 0 spiro atoms. The van der Waals surface area contributed by atoms with E-state index in [1.807, 2.05) is 19.9 Å². The minimum absolute atomic E-state index is 0.233. The van der Waals surface area contributed by atoms with Crippen molar-refractivity contribution in [2.24, 2.45) is 5.14 Å². The zero-order chi connectivity index (χ0) is 10.8. The summed E-state index contributed by atoms with van der Waals surface area (Å²) in [5.41, 5.74) is 1.05. The van der Waals surface area contributed by atoms with Crippen molar-refractivity contribution in [1.82, 2.24) is 4.98 Å². The Morgan fingerprint density at radius 2 is 2.07 bits per heavy atom. The maximum absolute atomic E-state index is 10.6. The Bertz CT molecular complexity index is 397. The number of anilines is 1. The van der Waals surface area contributed by atoms with Gasteiger partial charge in [0.25, 0.3) is 10.2 Å². The van der Waals surface area contributed by atoms with Gasteiger partial charge in [-0.15, -0.1) is 0 Å². The Morgan fingerprint density at radius 1 is 1.43 bits per heavy atom. The zero-order valence-electron chi connectivity index (χ0n) is 8.06. The van der Waals surface area contributed by atoms with Crippen molar-refractivity contribution >= 4 is 16.0 Å². The molecule has 0 fully saturated rings. The highest BCUT2D eigenvalue weighted by molar-refractivity contribution is 7.90. The predicted octanol–water partition coefficient (Wildman–Crippen LogP) is 0.820. The molecule has 0 atom stereocenters. The van der Waals surface area contributed by atoms with E-state index in [-0.39, 0.29) is 5.82 Å². The number of rotatable bonds is 3. The summed E-state index contributed by atoms with van der Waals surface area (Å²) in [6.45, 7) is 4.06. The maximum Gasteiger partial charge on any atom is 0.297 e. The van der Waals surface area contributed by atoms with E-state index >= 15 is 0 Å². The van der Waals surface area contributed by atoms with E-state index in [4.69, 9.17) is 5.14 Å². The normalized spacial score (nSPS) is 11.7. The van der Waals surface area contributed by atoms with Gasteiger partial charge in [-0.3, -0.25) is 4.72 Å². The van der Waals surface area contributed by atoms with Crippen molar-refractivity contribution in [3.63, 3.8) is 0 Å². The molecule has 3 N–H and O–H groups in total. The lowest BCUT2D eigenvalue weighted by Crippen LogP contribution is -2.22. The summed E-state index contributed by atoms with van der Waals surface area (Å²) in [5.74, 6) is 0.600. The zero-order valence-corrected chi connectivity index (χ0v) is 8.88. The summed E-state index contributed by atoms with van der Waals surface area (Å²) in [6, 6.07) is 3.39. The molecular formula is C8H13N3O2S. The number of pyridine rings is 1. The highest BCUT2D eigenvalue weighted by Crippen LogP contribution is 2.14. The van der Waals surface area contributed by atoms with Gasteiger partial charge >= 0.3 is 0 Å². The smallest absolute Gasteiger partial charge is 0.255 e. The Labute approximate surface area is 83.5 Å². The Balaban J connectivity index is 2.84. The van der Waals surface area contributed by atoms with Crippen LogP contribution in [0, 0.1) is 0 Å². The van der Waals surface area contributed by atoms with Gasteiger partial charge in [-0.05, 0) is 17.5 Å². The van der Waals surface area contributed by atoms with Crippen LogP contribution >= 0.6 is 0 Å². The van der Waals surface area contributed by atoms with Crippen LogP contribution < -0.4 is 9.86 Å². The molecule has 1 rings (SSSR count). The molecule has 0 bridgehead atoms. The number of nitrogens with zero attached hydrogens (tertiary/aromatic N) is 1. The van der Waals surface area contributed by atoms with Crippen molar-refractivity contribution in [3.8, 4) is 0 Å². The quantitative estimate of drug-likeness (QED) is 0.782. The summed E-state index contributed by atoms with van der Waals surface area (Å²) < 4.78 is 23.4. The second-order valence-electron chi connectivity index (χ2n) is 3.28. The molecule has 0 aliphatic heterocycles. The first-order valence-corrected chi connectivity index (χ1v) is 5.69. The van der Waals surface area contributed by atoms with E-state index in [0.29, 0.717) is 5.92 Å². The van der Waals surface area contributed by atoms with Crippen LogP contribution in [-0.4, -0.2) is 13.4 Å². The number of nitrogens with two attached hydrogens (primary N) is 1. The standard InChI is InChI=1S/C8H13N3O2S/c1-6(2)7-3-4-8(10-5-7)11-14(9,12)13/h3-6H,1-2H3,(H,10,11)(H2,9,12,13). The first-order valence-electron chi connectivity index (χ1n) is 4.15.